The summed E-state index contributed by atoms with van der Waals surface area (Å²) in [6.45, 7) is 3.11. The molecule has 0 spiro atoms. The number of ether oxygens (including phenoxy) is 1. The molecule has 1 aromatic heterocycles. The van der Waals surface area contributed by atoms with Gasteiger partial charge in [-0.15, -0.1) is 0 Å². The zero-order valence-corrected chi connectivity index (χ0v) is 12.1. The molecule has 0 atom stereocenters. The molecule has 2 aromatic rings. The fraction of sp³-hybridized carbons (Fsp3) is 0.353. The van der Waals surface area contributed by atoms with Crippen LogP contribution in [0.1, 0.15) is 29.7 Å². The molecule has 0 amide bonds. The van der Waals surface area contributed by atoms with Crippen molar-refractivity contribution < 1.29 is 9.13 Å². The smallest absolute Gasteiger partial charge is 0.138 e. The summed E-state index contributed by atoms with van der Waals surface area (Å²) in [5.41, 5.74) is 2.90. The van der Waals surface area contributed by atoms with E-state index >= 15 is 0 Å². The molecule has 4 heteroatoms. The molecule has 110 valence electrons. The Hall–Kier alpha value is -1.94. The van der Waals surface area contributed by atoms with Crippen LogP contribution >= 0.6 is 0 Å². The van der Waals surface area contributed by atoms with E-state index in [1.807, 2.05) is 19.1 Å². The van der Waals surface area contributed by atoms with Gasteiger partial charge in [0.2, 0.25) is 0 Å². The Labute approximate surface area is 124 Å². The third kappa shape index (κ3) is 4.02. The van der Waals surface area contributed by atoms with Gasteiger partial charge < -0.3 is 10.1 Å². The summed E-state index contributed by atoms with van der Waals surface area (Å²) in [7, 11) is 0. The maximum atomic E-state index is 13.0. The minimum atomic E-state index is -0.217. The summed E-state index contributed by atoms with van der Waals surface area (Å²) in [5, 5.41) is 3.42. The van der Waals surface area contributed by atoms with Crippen LogP contribution < -0.4 is 10.1 Å². The van der Waals surface area contributed by atoms with E-state index in [4.69, 9.17) is 4.74 Å². The predicted octanol–water partition coefficient (Wildman–Crippen LogP) is 3.36. The Bertz CT molecular complexity index is 609. The van der Waals surface area contributed by atoms with E-state index in [2.05, 4.69) is 10.3 Å². The molecule has 1 heterocycles. The van der Waals surface area contributed by atoms with Crippen molar-refractivity contribution in [2.45, 2.75) is 39.0 Å². The minimum absolute atomic E-state index is 0.217. The highest BCUT2D eigenvalue weighted by Gasteiger charge is 2.20. The molecule has 0 saturated heterocycles. The summed E-state index contributed by atoms with van der Waals surface area (Å²) in [4.78, 5) is 4.38. The van der Waals surface area contributed by atoms with Crippen LogP contribution in [0, 0.1) is 12.7 Å². The van der Waals surface area contributed by atoms with Gasteiger partial charge in [-0.3, -0.25) is 4.98 Å². The number of aryl methyl sites for hydroxylation is 1. The number of pyridine rings is 1. The highest BCUT2D eigenvalue weighted by atomic mass is 19.1. The van der Waals surface area contributed by atoms with E-state index < -0.39 is 0 Å². The molecular formula is C17H19FN2O. The van der Waals surface area contributed by atoms with Crippen LogP contribution in [0.15, 0.2) is 36.5 Å². The Morgan fingerprint density at radius 3 is 2.81 bits per heavy atom. The molecule has 3 nitrogen and oxygen atoms in total. The summed E-state index contributed by atoms with van der Waals surface area (Å²) in [6, 6.07) is 9.31. The number of rotatable bonds is 6. The zero-order valence-electron chi connectivity index (χ0n) is 12.1. The van der Waals surface area contributed by atoms with Crippen molar-refractivity contribution in [3.63, 3.8) is 0 Å². The molecule has 1 N–H and O–H groups in total. The van der Waals surface area contributed by atoms with E-state index in [0.29, 0.717) is 12.6 Å². The first-order valence-corrected chi connectivity index (χ1v) is 7.27. The average Bonchev–Trinajstić information content (AvgIpc) is 3.30. The van der Waals surface area contributed by atoms with Crippen molar-refractivity contribution in [2.75, 3.05) is 0 Å². The molecule has 0 aliphatic heterocycles. The van der Waals surface area contributed by atoms with Gasteiger partial charge in [-0.05, 0) is 55.2 Å². The van der Waals surface area contributed by atoms with Crippen LogP contribution in [0.5, 0.6) is 5.75 Å². The van der Waals surface area contributed by atoms with Gasteiger partial charge in [0.15, 0.2) is 0 Å². The molecule has 1 fully saturated rings. The summed E-state index contributed by atoms with van der Waals surface area (Å²) in [5.74, 6) is 0.513. The van der Waals surface area contributed by atoms with Crippen molar-refractivity contribution >= 4 is 0 Å². The number of benzene rings is 1. The van der Waals surface area contributed by atoms with Gasteiger partial charge in [0.1, 0.15) is 18.2 Å². The van der Waals surface area contributed by atoms with Gasteiger partial charge in [-0.1, -0.05) is 6.07 Å². The topological polar surface area (TPSA) is 34.1 Å². The molecule has 1 aromatic carbocycles. The van der Waals surface area contributed by atoms with E-state index in [1.54, 1.807) is 12.3 Å². The standard InChI is InChI=1S/C17H19FN2O/c1-12-8-14(18)3-2-13(12)11-21-17-7-6-16(20-10-17)9-19-15-4-5-15/h2-3,6-8,10,15,19H,4-5,9,11H2,1H3. The minimum Gasteiger partial charge on any atom is -0.487 e. The summed E-state index contributed by atoms with van der Waals surface area (Å²) >= 11 is 0. The molecule has 1 aliphatic rings. The zero-order chi connectivity index (χ0) is 14.7. The first-order valence-electron chi connectivity index (χ1n) is 7.27. The van der Waals surface area contributed by atoms with E-state index in [9.17, 15) is 4.39 Å². The largest absolute Gasteiger partial charge is 0.487 e. The van der Waals surface area contributed by atoms with Crippen molar-refractivity contribution in [1.82, 2.24) is 10.3 Å². The molecule has 0 unspecified atom stereocenters. The first kappa shape index (κ1) is 14.0. The number of nitrogens with zero attached hydrogens (tertiary/aromatic N) is 1. The number of nitrogens with one attached hydrogen (secondary N) is 1. The maximum Gasteiger partial charge on any atom is 0.138 e. The average molecular weight is 286 g/mol. The molecule has 3 rings (SSSR count). The molecule has 0 radical (unpaired) electrons. The Balaban J connectivity index is 1.54. The number of hydrogen-bond donors (Lipinski definition) is 1. The van der Waals surface area contributed by atoms with Crippen LogP contribution in [-0.2, 0) is 13.2 Å². The third-order valence-electron chi connectivity index (χ3n) is 3.65. The SMILES string of the molecule is Cc1cc(F)ccc1COc1ccc(CNC2CC2)nc1. The Kier molecular flexibility index (Phi) is 4.15. The lowest BCUT2D eigenvalue weighted by molar-refractivity contribution is 0.304. The lowest BCUT2D eigenvalue weighted by Crippen LogP contribution is -2.16. The maximum absolute atomic E-state index is 13.0. The van der Waals surface area contributed by atoms with Crippen molar-refractivity contribution in [2.24, 2.45) is 0 Å². The van der Waals surface area contributed by atoms with Crippen molar-refractivity contribution in [3.8, 4) is 5.75 Å². The molecule has 1 saturated carbocycles. The molecule has 0 bridgehead atoms. The number of halogens is 1. The monoisotopic (exact) mass is 286 g/mol. The Morgan fingerprint density at radius 1 is 1.29 bits per heavy atom. The number of hydrogen-bond acceptors (Lipinski definition) is 3. The summed E-state index contributed by atoms with van der Waals surface area (Å²) in [6.07, 6.45) is 4.29. The van der Waals surface area contributed by atoms with Crippen molar-refractivity contribution in [3.05, 3.63) is 59.2 Å². The fourth-order valence-electron chi connectivity index (χ4n) is 2.12. The molecule has 21 heavy (non-hydrogen) atoms. The van der Waals surface area contributed by atoms with Gasteiger partial charge in [0.25, 0.3) is 0 Å². The third-order valence-corrected chi connectivity index (χ3v) is 3.65. The second kappa shape index (κ2) is 6.22. The van der Waals surface area contributed by atoms with Gasteiger partial charge in [-0.2, -0.15) is 0 Å². The molecular weight excluding hydrogens is 267 g/mol. The highest BCUT2D eigenvalue weighted by Crippen LogP contribution is 2.19. The van der Waals surface area contributed by atoms with E-state index in [-0.39, 0.29) is 5.82 Å². The second-order valence-corrected chi connectivity index (χ2v) is 5.50. The van der Waals surface area contributed by atoms with Gasteiger partial charge >= 0.3 is 0 Å². The van der Waals surface area contributed by atoms with Gasteiger partial charge in [0.05, 0.1) is 11.9 Å². The van der Waals surface area contributed by atoms with Crippen molar-refractivity contribution in [1.29, 1.82) is 0 Å². The number of aromatic nitrogens is 1. The molecule has 1 aliphatic carbocycles. The van der Waals surface area contributed by atoms with E-state index in [1.165, 1.54) is 25.0 Å². The quantitative estimate of drug-likeness (QED) is 0.884. The van der Waals surface area contributed by atoms with Gasteiger partial charge in [0, 0.05) is 12.6 Å². The van der Waals surface area contributed by atoms with Crippen LogP contribution in [0.25, 0.3) is 0 Å². The van der Waals surface area contributed by atoms with Gasteiger partial charge in [-0.25, -0.2) is 4.39 Å². The highest BCUT2D eigenvalue weighted by molar-refractivity contribution is 5.27. The lowest BCUT2D eigenvalue weighted by atomic mass is 10.1. The van der Waals surface area contributed by atoms with E-state index in [0.717, 1.165) is 29.1 Å². The fourth-order valence-corrected chi connectivity index (χ4v) is 2.12. The normalized spacial score (nSPS) is 14.2. The summed E-state index contributed by atoms with van der Waals surface area (Å²) < 4.78 is 18.7. The van der Waals surface area contributed by atoms with Crippen LogP contribution in [-0.4, -0.2) is 11.0 Å². The first-order chi connectivity index (χ1) is 10.2. The Morgan fingerprint density at radius 2 is 2.14 bits per heavy atom. The van der Waals surface area contributed by atoms with Crippen LogP contribution in [0.2, 0.25) is 0 Å². The predicted molar refractivity (Wildman–Crippen MR) is 79.6 cm³/mol. The second-order valence-electron chi connectivity index (χ2n) is 5.50. The van der Waals surface area contributed by atoms with Crippen LogP contribution in [0.4, 0.5) is 4.39 Å². The lowest BCUT2D eigenvalue weighted by Gasteiger charge is -2.09. The van der Waals surface area contributed by atoms with Crippen LogP contribution in [0.3, 0.4) is 0 Å².